The average molecular weight is 352 g/mol. The van der Waals surface area contributed by atoms with E-state index < -0.39 is 5.60 Å². The molecule has 0 bridgehead atoms. The Morgan fingerprint density at radius 3 is 2.92 bits per heavy atom. The molecule has 1 aliphatic heterocycles. The summed E-state index contributed by atoms with van der Waals surface area (Å²) in [5, 5.41) is 7.71. The number of hydrogen-bond acceptors (Lipinski definition) is 5. The average Bonchev–Trinajstić information content (AvgIpc) is 2.91. The molecule has 0 saturated carbocycles. The quantitative estimate of drug-likeness (QED) is 0.848. The zero-order valence-electron chi connectivity index (χ0n) is 16.1. The topological polar surface area (TPSA) is 68.6 Å². The molecule has 0 spiro atoms. The molecule has 2 heterocycles. The second-order valence-corrected chi connectivity index (χ2v) is 7.69. The number of amides is 1. The van der Waals surface area contributed by atoms with E-state index in [1.165, 1.54) is 5.69 Å². The molecule has 0 radical (unpaired) electrons. The Labute approximate surface area is 150 Å². The van der Waals surface area contributed by atoms with E-state index in [-0.39, 0.29) is 18.2 Å². The summed E-state index contributed by atoms with van der Waals surface area (Å²) in [6.45, 7) is 10.4. The third kappa shape index (κ3) is 6.32. The minimum absolute atomic E-state index is 0.0443. The minimum Gasteiger partial charge on any atom is -0.444 e. The van der Waals surface area contributed by atoms with E-state index in [1.807, 2.05) is 49.7 Å². The van der Waals surface area contributed by atoms with Crippen molar-refractivity contribution in [2.75, 3.05) is 26.3 Å². The number of carbonyl (C=O) groups excluding carboxylic acids is 1. The maximum absolute atomic E-state index is 12.4. The first-order valence-corrected chi connectivity index (χ1v) is 9.04. The Hall–Kier alpha value is -1.60. The molecule has 1 N–H and O–H groups in total. The van der Waals surface area contributed by atoms with E-state index in [9.17, 15) is 4.79 Å². The van der Waals surface area contributed by atoms with Crippen molar-refractivity contribution < 1.29 is 14.3 Å². The van der Waals surface area contributed by atoms with E-state index in [0.29, 0.717) is 19.8 Å². The summed E-state index contributed by atoms with van der Waals surface area (Å²) in [4.78, 5) is 14.2. The molecule has 1 aliphatic rings. The highest BCUT2D eigenvalue weighted by Crippen LogP contribution is 2.17. The molecule has 0 aromatic carbocycles. The van der Waals surface area contributed by atoms with Gasteiger partial charge in [-0.2, -0.15) is 5.10 Å². The highest BCUT2D eigenvalue weighted by Gasteiger charge is 2.31. The highest BCUT2D eigenvalue weighted by molar-refractivity contribution is 5.68. The Kier molecular flexibility index (Phi) is 6.84. The van der Waals surface area contributed by atoms with Crippen molar-refractivity contribution >= 4 is 6.09 Å². The number of hydrogen-bond donors (Lipinski definition) is 1. The van der Waals surface area contributed by atoms with Crippen molar-refractivity contribution in [2.24, 2.45) is 7.05 Å². The minimum atomic E-state index is -0.479. The molecule has 7 heteroatoms. The molecule has 0 aliphatic carbocycles. The van der Waals surface area contributed by atoms with Gasteiger partial charge in [0.2, 0.25) is 0 Å². The van der Waals surface area contributed by atoms with Crippen LogP contribution in [-0.4, -0.2) is 64.8 Å². The van der Waals surface area contributed by atoms with E-state index in [1.54, 1.807) is 0 Å². The first kappa shape index (κ1) is 19.7. The van der Waals surface area contributed by atoms with Gasteiger partial charge in [0, 0.05) is 44.5 Å². The molecule has 2 atom stereocenters. The fourth-order valence-electron chi connectivity index (χ4n) is 3.00. The maximum Gasteiger partial charge on any atom is 0.410 e. The van der Waals surface area contributed by atoms with Crippen molar-refractivity contribution in [2.45, 2.75) is 58.2 Å². The van der Waals surface area contributed by atoms with Crippen molar-refractivity contribution in [1.29, 1.82) is 0 Å². The number of ether oxygens (including phenoxy) is 2. The molecule has 1 saturated heterocycles. The molecule has 1 aromatic heterocycles. The van der Waals surface area contributed by atoms with E-state index >= 15 is 0 Å². The largest absolute Gasteiger partial charge is 0.444 e. The number of carbonyl (C=O) groups is 1. The summed E-state index contributed by atoms with van der Waals surface area (Å²) < 4.78 is 13.0. The van der Waals surface area contributed by atoms with Crippen molar-refractivity contribution in [3.63, 3.8) is 0 Å². The van der Waals surface area contributed by atoms with Crippen LogP contribution in [0.1, 0.15) is 39.8 Å². The number of rotatable bonds is 6. The van der Waals surface area contributed by atoms with Crippen LogP contribution in [-0.2, 0) is 22.9 Å². The fourth-order valence-corrected chi connectivity index (χ4v) is 3.00. The fraction of sp³-hybridized carbons (Fsp3) is 0.778. The summed E-state index contributed by atoms with van der Waals surface area (Å²) in [5.74, 6) is 0. The summed E-state index contributed by atoms with van der Waals surface area (Å²) in [5.41, 5.74) is 0.725. The number of aryl methyl sites for hydroxylation is 1. The van der Waals surface area contributed by atoms with Gasteiger partial charge in [0.05, 0.1) is 19.3 Å². The monoisotopic (exact) mass is 352 g/mol. The van der Waals surface area contributed by atoms with Gasteiger partial charge in [-0.1, -0.05) is 0 Å². The standard InChI is InChI=1S/C18H32N4O3/c1-14(19-8-6-15-7-9-20-21(15)5)12-16-13-24-11-10-22(16)17(23)25-18(2,3)4/h7,9,14,16,19H,6,8,10-13H2,1-5H3. The first-order valence-electron chi connectivity index (χ1n) is 9.04. The lowest BCUT2D eigenvalue weighted by Crippen LogP contribution is -2.52. The normalized spacial score (nSPS) is 19.7. The Balaban J connectivity index is 1.81. The number of nitrogens with zero attached hydrogens (tertiary/aromatic N) is 3. The molecule has 1 fully saturated rings. The third-order valence-electron chi connectivity index (χ3n) is 4.28. The summed E-state index contributed by atoms with van der Waals surface area (Å²) in [7, 11) is 1.96. The van der Waals surface area contributed by atoms with E-state index in [0.717, 1.165) is 19.4 Å². The van der Waals surface area contributed by atoms with Gasteiger partial charge in [0.25, 0.3) is 0 Å². The maximum atomic E-state index is 12.4. The van der Waals surface area contributed by atoms with Gasteiger partial charge in [0.1, 0.15) is 5.60 Å². The van der Waals surface area contributed by atoms with E-state index in [2.05, 4.69) is 17.3 Å². The van der Waals surface area contributed by atoms with Crippen LogP contribution in [0.5, 0.6) is 0 Å². The van der Waals surface area contributed by atoms with Crippen LogP contribution < -0.4 is 5.32 Å². The van der Waals surface area contributed by atoms with Gasteiger partial charge in [-0.05, 0) is 40.2 Å². The van der Waals surface area contributed by atoms with Crippen LogP contribution in [0.2, 0.25) is 0 Å². The molecule has 2 rings (SSSR count). The van der Waals surface area contributed by atoms with Crippen LogP contribution in [0, 0.1) is 0 Å². The van der Waals surface area contributed by atoms with Gasteiger partial charge >= 0.3 is 6.09 Å². The molecule has 1 amide bonds. The Morgan fingerprint density at radius 2 is 2.28 bits per heavy atom. The smallest absolute Gasteiger partial charge is 0.410 e. The molecule has 25 heavy (non-hydrogen) atoms. The summed E-state index contributed by atoms with van der Waals surface area (Å²) in [6.07, 6.45) is 3.34. The molecule has 1 aromatic rings. The lowest BCUT2D eigenvalue weighted by atomic mass is 10.1. The summed E-state index contributed by atoms with van der Waals surface area (Å²) in [6, 6.07) is 2.36. The second-order valence-electron chi connectivity index (χ2n) is 7.69. The zero-order chi connectivity index (χ0) is 18.4. The van der Waals surface area contributed by atoms with Crippen LogP contribution in [0.15, 0.2) is 12.3 Å². The van der Waals surface area contributed by atoms with Crippen LogP contribution in [0.25, 0.3) is 0 Å². The number of aromatic nitrogens is 2. The van der Waals surface area contributed by atoms with Gasteiger partial charge in [-0.25, -0.2) is 4.79 Å². The van der Waals surface area contributed by atoms with Gasteiger partial charge in [-0.15, -0.1) is 0 Å². The number of nitrogens with one attached hydrogen (secondary N) is 1. The first-order chi connectivity index (χ1) is 11.8. The van der Waals surface area contributed by atoms with Crippen LogP contribution >= 0.6 is 0 Å². The molecular formula is C18H32N4O3. The second kappa shape index (κ2) is 8.67. The van der Waals surface area contributed by atoms with Crippen molar-refractivity contribution in [3.8, 4) is 0 Å². The van der Waals surface area contributed by atoms with E-state index in [4.69, 9.17) is 9.47 Å². The molecule has 2 unspecified atom stereocenters. The lowest BCUT2D eigenvalue weighted by molar-refractivity contribution is -0.0355. The summed E-state index contributed by atoms with van der Waals surface area (Å²) >= 11 is 0. The number of morpholine rings is 1. The third-order valence-corrected chi connectivity index (χ3v) is 4.28. The molecule has 7 nitrogen and oxygen atoms in total. The Bertz CT molecular complexity index is 553. The zero-order valence-corrected chi connectivity index (χ0v) is 16.1. The lowest BCUT2D eigenvalue weighted by Gasteiger charge is -2.37. The van der Waals surface area contributed by atoms with Gasteiger partial charge in [0.15, 0.2) is 0 Å². The van der Waals surface area contributed by atoms with Crippen molar-refractivity contribution in [1.82, 2.24) is 20.0 Å². The van der Waals surface area contributed by atoms with Crippen molar-refractivity contribution in [3.05, 3.63) is 18.0 Å². The SMILES string of the molecule is CC(CC1COCCN1C(=O)OC(C)(C)C)NCCc1ccnn1C. The van der Waals surface area contributed by atoms with Crippen LogP contribution in [0.3, 0.4) is 0 Å². The van der Waals surface area contributed by atoms with Gasteiger partial charge < -0.3 is 19.7 Å². The van der Waals surface area contributed by atoms with Gasteiger partial charge in [-0.3, -0.25) is 4.68 Å². The predicted molar refractivity (Wildman–Crippen MR) is 96.5 cm³/mol. The Morgan fingerprint density at radius 1 is 1.52 bits per heavy atom. The molecular weight excluding hydrogens is 320 g/mol. The highest BCUT2D eigenvalue weighted by atomic mass is 16.6. The molecule has 142 valence electrons. The van der Waals surface area contributed by atoms with Crippen LogP contribution in [0.4, 0.5) is 4.79 Å². The predicted octanol–water partition coefficient (Wildman–Crippen LogP) is 1.97.